The van der Waals surface area contributed by atoms with Gasteiger partial charge in [-0.15, -0.1) is 11.3 Å². The molecule has 0 unspecified atom stereocenters. The Morgan fingerprint density at radius 2 is 2.33 bits per heavy atom. The summed E-state index contributed by atoms with van der Waals surface area (Å²) in [5.41, 5.74) is 5.91. The smallest absolute Gasteiger partial charge is 0.257 e. The van der Waals surface area contributed by atoms with Crippen molar-refractivity contribution in [1.82, 2.24) is 19.9 Å². The van der Waals surface area contributed by atoms with Crippen molar-refractivity contribution in [3.8, 4) is 0 Å². The summed E-state index contributed by atoms with van der Waals surface area (Å²) < 4.78 is 26.4. The second-order valence-electron chi connectivity index (χ2n) is 3.50. The Morgan fingerprint density at radius 1 is 1.50 bits per heavy atom. The molecule has 2 heterocycles. The summed E-state index contributed by atoms with van der Waals surface area (Å²) in [4.78, 5) is 4.08. The van der Waals surface area contributed by atoms with Gasteiger partial charge in [0.1, 0.15) is 0 Å². The lowest BCUT2D eigenvalue weighted by atomic mass is 10.4. The van der Waals surface area contributed by atoms with Crippen LogP contribution in [-0.2, 0) is 23.0 Å². The number of nitrogens with zero attached hydrogens (tertiary/aromatic N) is 2. The number of aromatic amines is 1. The predicted molar refractivity (Wildman–Crippen MR) is 67.5 cm³/mol. The van der Waals surface area contributed by atoms with Crippen LogP contribution in [0.5, 0.6) is 0 Å². The minimum atomic E-state index is -3.58. The number of aromatic nitrogens is 3. The summed E-state index contributed by atoms with van der Waals surface area (Å²) in [6.07, 6.45) is 3.66. The van der Waals surface area contributed by atoms with Gasteiger partial charge in [0, 0.05) is 36.7 Å². The zero-order chi connectivity index (χ0) is 13.0. The third kappa shape index (κ3) is 2.93. The molecule has 2 aromatic rings. The molecule has 0 fully saturated rings. The molecule has 0 radical (unpaired) electrons. The van der Waals surface area contributed by atoms with Crippen molar-refractivity contribution in [2.24, 2.45) is 5.73 Å². The fourth-order valence-electron chi connectivity index (χ4n) is 1.42. The van der Waals surface area contributed by atoms with Gasteiger partial charge in [-0.05, 0) is 0 Å². The first-order valence-electron chi connectivity index (χ1n) is 5.24. The molecule has 7 nitrogen and oxygen atoms in total. The van der Waals surface area contributed by atoms with E-state index in [-0.39, 0.29) is 11.6 Å². The topological polar surface area (TPSA) is 114 Å². The third-order valence-electron chi connectivity index (χ3n) is 2.28. The summed E-state index contributed by atoms with van der Waals surface area (Å²) in [5.74, 6) is 0. The monoisotopic (exact) mass is 287 g/mol. The van der Waals surface area contributed by atoms with E-state index in [4.69, 9.17) is 5.73 Å². The number of hydrogen-bond donors (Lipinski definition) is 3. The maximum absolute atomic E-state index is 11.9. The molecule has 0 bridgehead atoms. The van der Waals surface area contributed by atoms with Crippen LogP contribution in [0.15, 0.2) is 22.8 Å². The standard InChI is InChI=1S/C9H13N5O2S2/c10-5-7-6-12-14-9(7)18(15,16)13-2-1-8-11-3-4-17-8/h3-4,6,13H,1-2,5,10H2,(H,12,14). The van der Waals surface area contributed by atoms with Gasteiger partial charge in [0.05, 0.1) is 11.2 Å². The highest BCUT2D eigenvalue weighted by Crippen LogP contribution is 2.11. The Balaban J connectivity index is 1.99. The van der Waals surface area contributed by atoms with E-state index in [1.807, 2.05) is 5.38 Å². The molecule has 9 heteroatoms. The van der Waals surface area contributed by atoms with Gasteiger partial charge in [0.2, 0.25) is 0 Å². The minimum absolute atomic E-state index is 0.0316. The molecule has 0 amide bonds. The normalized spacial score (nSPS) is 11.8. The first-order chi connectivity index (χ1) is 8.63. The van der Waals surface area contributed by atoms with Gasteiger partial charge in [-0.3, -0.25) is 5.10 Å². The summed E-state index contributed by atoms with van der Waals surface area (Å²) in [5, 5.41) is 8.90. The Bertz CT molecular complexity index is 590. The number of thiazole rings is 1. The maximum Gasteiger partial charge on any atom is 0.257 e. The predicted octanol–water partition coefficient (Wildman–Crippen LogP) is -0.154. The van der Waals surface area contributed by atoms with E-state index in [0.29, 0.717) is 18.5 Å². The van der Waals surface area contributed by atoms with E-state index in [0.717, 1.165) is 5.01 Å². The van der Waals surface area contributed by atoms with Gasteiger partial charge >= 0.3 is 0 Å². The van der Waals surface area contributed by atoms with E-state index in [9.17, 15) is 8.42 Å². The molecule has 0 atom stereocenters. The molecule has 98 valence electrons. The first-order valence-corrected chi connectivity index (χ1v) is 7.60. The second kappa shape index (κ2) is 5.57. The molecule has 2 rings (SSSR count). The lowest BCUT2D eigenvalue weighted by Crippen LogP contribution is -2.27. The molecule has 2 aromatic heterocycles. The lowest BCUT2D eigenvalue weighted by Gasteiger charge is -2.05. The number of nitrogens with one attached hydrogen (secondary N) is 2. The van der Waals surface area contributed by atoms with Crippen LogP contribution in [0.2, 0.25) is 0 Å². The zero-order valence-electron chi connectivity index (χ0n) is 9.46. The molecule has 0 saturated heterocycles. The summed E-state index contributed by atoms with van der Waals surface area (Å²) in [6.45, 7) is 0.415. The Labute approximate surface area is 108 Å². The van der Waals surface area contributed by atoms with Crippen molar-refractivity contribution < 1.29 is 8.42 Å². The maximum atomic E-state index is 11.9. The highest BCUT2D eigenvalue weighted by atomic mass is 32.2. The number of sulfonamides is 1. The van der Waals surface area contributed by atoms with Crippen molar-refractivity contribution in [2.75, 3.05) is 6.54 Å². The second-order valence-corrected chi connectivity index (χ2v) is 6.19. The van der Waals surface area contributed by atoms with Crippen LogP contribution in [0, 0.1) is 0 Å². The highest BCUT2D eigenvalue weighted by molar-refractivity contribution is 7.89. The van der Waals surface area contributed by atoms with Crippen molar-refractivity contribution in [1.29, 1.82) is 0 Å². The average Bonchev–Trinajstić information content (AvgIpc) is 2.99. The van der Waals surface area contributed by atoms with E-state index < -0.39 is 10.0 Å². The molecule has 0 aromatic carbocycles. The van der Waals surface area contributed by atoms with Gasteiger partial charge in [-0.2, -0.15) is 5.10 Å². The molecule has 4 N–H and O–H groups in total. The fraction of sp³-hybridized carbons (Fsp3) is 0.333. The molecule has 18 heavy (non-hydrogen) atoms. The zero-order valence-corrected chi connectivity index (χ0v) is 11.1. The van der Waals surface area contributed by atoms with E-state index >= 15 is 0 Å². The summed E-state index contributed by atoms with van der Waals surface area (Å²) in [6, 6.07) is 0. The molecule has 0 saturated carbocycles. The molecule has 0 aliphatic rings. The number of rotatable bonds is 6. The lowest BCUT2D eigenvalue weighted by molar-refractivity contribution is 0.576. The van der Waals surface area contributed by atoms with Crippen LogP contribution in [-0.4, -0.2) is 30.1 Å². The van der Waals surface area contributed by atoms with Gasteiger partial charge in [-0.1, -0.05) is 0 Å². The van der Waals surface area contributed by atoms with Gasteiger partial charge in [0.25, 0.3) is 10.0 Å². The summed E-state index contributed by atoms with van der Waals surface area (Å²) in [7, 11) is -3.58. The first kappa shape index (κ1) is 13.1. The summed E-state index contributed by atoms with van der Waals surface area (Å²) >= 11 is 1.49. The average molecular weight is 287 g/mol. The van der Waals surface area contributed by atoms with E-state index in [1.165, 1.54) is 17.5 Å². The largest absolute Gasteiger partial charge is 0.326 e. The van der Waals surface area contributed by atoms with Gasteiger partial charge in [-0.25, -0.2) is 18.1 Å². The fourth-order valence-corrected chi connectivity index (χ4v) is 3.21. The minimum Gasteiger partial charge on any atom is -0.326 e. The Morgan fingerprint density at radius 3 is 3.00 bits per heavy atom. The van der Waals surface area contributed by atoms with Crippen LogP contribution in [0.25, 0.3) is 0 Å². The molecular weight excluding hydrogens is 274 g/mol. The van der Waals surface area contributed by atoms with Crippen molar-refractivity contribution in [3.05, 3.63) is 28.3 Å². The molecular formula is C9H13N5O2S2. The van der Waals surface area contributed by atoms with Crippen molar-refractivity contribution in [3.63, 3.8) is 0 Å². The van der Waals surface area contributed by atoms with Crippen LogP contribution in [0.3, 0.4) is 0 Å². The Hall–Kier alpha value is -1.29. The number of H-pyrrole nitrogens is 1. The van der Waals surface area contributed by atoms with Crippen LogP contribution >= 0.6 is 11.3 Å². The number of nitrogens with two attached hydrogens (primary N) is 1. The van der Waals surface area contributed by atoms with Crippen LogP contribution in [0.4, 0.5) is 0 Å². The number of hydrogen-bond acceptors (Lipinski definition) is 6. The molecule has 0 aliphatic carbocycles. The van der Waals surface area contributed by atoms with Crippen molar-refractivity contribution >= 4 is 21.4 Å². The van der Waals surface area contributed by atoms with E-state index in [1.54, 1.807) is 6.20 Å². The van der Waals surface area contributed by atoms with Crippen LogP contribution in [0.1, 0.15) is 10.6 Å². The molecule has 0 spiro atoms. The SMILES string of the molecule is NCc1cn[nH]c1S(=O)(=O)NCCc1nccs1. The third-order valence-corrected chi connectivity index (χ3v) is 4.60. The Kier molecular flexibility index (Phi) is 4.07. The van der Waals surface area contributed by atoms with Crippen LogP contribution < -0.4 is 10.5 Å². The van der Waals surface area contributed by atoms with E-state index in [2.05, 4.69) is 19.9 Å². The highest BCUT2D eigenvalue weighted by Gasteiger charge is 2.19. The van der Waals surface area contributed by atoms with Gasteiger partial charge < -0.3 is 5.73 Å². The van der Waals surface area contributed by atoms with Crippen molar-refractivity contribution in [2.45, 2.75) is 18.0 Å². The molecule has 0 aliphatic heterocycles. The quantitative estimate of drug-likeness (QED) is 0.683. The van der Waals surface area contributed by atoms with Gasteiger partial charge in [0.15, 0.2) is 5.03 Å².